The van der Waals surface area contributed by atoms with Gasteiger partial charge in [0.15, 0.2) is 9.84 Å². The number of nitrogens with zero attached hydrogens (tertiary/aromatic N) is 2. The zero-order chi connectivity index (χ0) is 20.5. The first-order valence-corrected chi connectivity index (χ1v) is 11.6. The third-order valence-electron chi connectivity index (χ3n) is 5.30. The Morgan fingerprint density at radius 3 is 2.46 bits per heavy atom. The van der Waals surface area contributed by atoms with E-state index in [1.807, 2.05) is 0 Å². The van der Waals surface area contributed by atoms with Gasteiger partial charge in [-0.15, -0.1) is 0 Å². The van der Waals surface area contributed by atoms with Crippen molar-refractivity contribution in [2.75, 3.05) is 37.4 Å². The Bertz CT molecular complexity index is 801. The van der Waals surface area contributed by atoms with Crippen LogP contribution in [-0.2, 0) is 19.3 Å². The largest absolute Gasteiger partial charge is 0.441 e. The number of likely N-dealkylation sites (tertiary alicyclic amines) is 1. The first kappa shape index (κ1) is 21.1. The molecule has 0 saturated carbocycles. The number of piperidine rings is 1. The molecule has 28 heavy (non-hydrogen) atoms. The molecule has 0 aromatic heterocycles. The van der Waals surface area contributed by atoms with Crippen LogP contribution >= 0.6 is 0 Å². The molecule has 1 aromatic carbocycles. The molecule has 8 heteroatoms. The van der Waals surface area contributed by atoms with E-state index < -0.39 is 15.9 Å². The van der Waals surface area contributed by atoms with E-state index >= 15 is 0 Å². The van der Waals surface area contributed by atoms with Gasteiger partial charge < -0.3 is 9.47 Å². The van der Waals surface area contributed by atoms with E-state index in [2.05, 4.69) is 25.7 Å². The predicted molar refractivity (Wildman–Crippen MR) is 107 cm³/mol. The SMILES string of the molecule is CC(C)(C)N1CCCC(OCC2CN(c3ccc(S(C)(=O)=O)cc3)C(=O)O2)C1. The fraction of sp³-hybridized carbons (Fsp3) is 0.650. The molecule has 3 rings (SSSR count). The van der Waals surface area contributed by atoms with E-state index in [1.54, 1.807) is 12.1 Å². The molecular formula is C20H30N2O5S. The number of amides is 1. The highest BCUT2D eigenvalue weighted by Gasteiger charge is 2.34. The quantitative estimate of drug-likeness (QED) is 0.743. The Morgan fingerprint density at radius 2 is 1.86 bits per heavy atom. The van der Waals surface area contributed by atoms with Crippen LogP contribution in [0.5, 0.6) is 0 Å². The minimum atomic E-state index is -3.26. The van der Waals surface area contributed by atoms with Gasteiger partial charge in [0.25, 0.3) is 0 Å². The van der Waals surface area contributed by atoms with Crippen molar-refractivity contribution in [3.05, 3.63) is 24.3 Å². The average Bonchev–Trinajstić information content (AvgIpc) is 3.00. The lowest BCUT2D eigenvalue weighted by molar-refractivity contribution is -0.0494. The molecule has 0 bridgehead atoms. The Kier molecular flexibility index (Phi) is 6.03. The first-order valence-electron chi connectivity index (χ1n) is 9.69. The molecule has 2 saturated heterocycles. The summed E-state index contributed by atoms with van der Waals surface area (Å²) in [6.07, 6.45) is 2.67. The van der Waals surface area contributed by atoms with Crippen LogP contribution in [0.3, 0.4) is 0 Å². The van der Waals surface area contributed by atoms with Crippen LogP contribution < -0.4 is 4.90 Å². The van der Waals surface area contributed by atoms with Crippen LogP contribution in [0.1, 0.15) is 33.6 Å². The fourth-order valence-corrected chi connectivity index (χ4v) is 4.25. The van der Waals surface area contributed by atoms with Gasteiger partial charge in [-0.2, -0.15) is 0 Å². The van der Waals surface area contributed by atoms with Crippen molar-refractivity contribution in [1.29, 1.82) is 0 Å². The summed E-state index contributed by atoms with van der Waals surface area (Å²) < 4.78 is 34.7. The van der Waals surface area contributed by atoms with Gasteiger partial charge >= 0.3 is 6.09 Å². The second kappa shape index (κ2) is 8.00. The highest BCUT2D eigenvalue weighted by atomic mass is 32.2. The van der Waals surface area contributed by atoms with Gasteiger partial charge in [0.2, 0.25) is 0 Å². The molecule has 2 aliphatic rings. The third-order valence-corrected chi connectivity index (χ3v) is 6.42. The topological polar surface area (TPSA) is 76.2 Å². The van der Waals surface area contributed by atoms with Crippen molar-refractivity contribution in [3.63, 3.8) is 0 Å². The van der Waals surface area contributed by atoms with Gasteiger partial charge in [0, 0.05) is 24.0 Å². The van der Waals surface area contributed by atoms with Crippen LogP contribution in [0.15, 0.2) is 29.2 Å². The van der Waals surface area contributed by atoms with E-state index in [0.29, 0.717) is 18.8 Å². The number of rotatable bonds is 5. The van der Waals surface area contributed by atoms with Gasteiger partial charge in [-0.05, 0) is 64.4 Å². The van der Waals surface area contributed by atoms with Crippen LogP contribution in [0.25, 0.3) is 0 Å². The summed E-state index contributed by atoms with van der Waals surface area (Å²) in [4.78, 5) is 16.4. The smallest absolute Gasteiger partial charge is 0.414 e. The predicted octanol–water partition coefficient (Wildman–Crippen LogP) is 2.69. The highest BCUT2D eigenvalue weighted by molar-refractivity contribution is 7.90. The van der Waals surface area contributed by atoms with E-state index in [0.717, 1.165) is 32.2 Å². The van der Waals surface area contributed by atoms with E-state index in [4.69, 9.17) is 9.47 Å². The zero-order valence-corrected chi connectivity index (χ0v) is 17.9. The molecule has 7 nitrogen and oxygen atoms in total. The minimum Gasteiger partial charge on any atom is -0.441 e. The Morgan fingerprint density at radius 1 is 1.18 bits per heavy atom. The Balaban J connectivity index is 1.55. The number of anilines is 1. The molecular weight excluding hydrogens is 380 g/mol. The summed E-state index contributed by atoms with van der Waals surface area (Å²) in [6.45, 7) is 9.36. The first-order chi connectivity index (χ1) is 13.0. The normalized spacial score (nSPS) is 24.4. The molecule has 156 valence electrons. The minimum absolute atomic E-state index is 0.122. The number of benzene rings is 1. The summed E-state index contributed by atoms with van der Waals surface area (Å²) in [5, 5.41) is 0. The average molecular weight is 411 g/mol. The molecule has 2 atom stereocenters. The van der Waals surface area contributed by atoms with E-state index in [1.165, 1.54) is 17.0 Å². The highest BCUT2D eigenvalue weighted by Crippen LogP contribution is 2.25. The summed E-state index contributed by atoms with van der Waals surface area (Å²) in [5.41, 5.74) is 0.744. The van der Waals surface area contributed by atoms with Crippen LogP contribution in [-0.4, -0.2) is 69.7 Å². The number of hydrogen-bond acceptors (Lipinski definition) is 6. The zero-order valence-electron chi connectivity index (χ0n) is 17.1. The molecule has 0 aliphatic carbocycles. The summed E-state index contributed by atoms with van der Waals surface area (Å²) in [5.74, 6) is 0. The second-order valence-electron chi connectivity index (χ2n) is 8.60. The van der Waals surface area contributed by atoms with Gasteiger partial charge in [-0.1, -0.05) is 0 Å². The second-order valence-corrected chi connectivity index (χ2v) is 10.6. The number of ether oxygens (including phenoxy) is 2. The lowest BCUT2D eigenvalue weighted by atomic mass is 9.99. The molecule has 2 heterocycles. The molecule has 0 radical (unpaired) electrons. The molecule has 0 spiro atoms. The van der Waals surface area contributed by atoms with E-state index in [-0.39, 0.29) is 22.6 Å². The lowest BCUT2D eigenvalue weighted by Crippen LogP contribution is -2.49. The van der Waals surface area contributed by atoms with Crippen molar-refractivity contribution in [3.8, 4) is 0 Å². The maximum absolute atomic E-state index is 12.2. The fourth-order valence-electron chi connectivity index (χ4n) is 3.62. The van der Waals surface area contributed by atoms with Crippen molar-refractivity contribution in [2.24, 2.45) is 0 Å². The van der Waals surface area contributed by atoms with Crippen LogP contribution in [0.2, 0.25) is 0 Å². The number of sulfone groups is 1. The van der Waals surface area contributed by atoms with Crippen molar-refractivity contribution < 1.29 is 22.7 Å². The van der Waals surface area contributed by atoms with Gasteiger partial charge in [-0.3, -0.25) is 9.80 Å². The van der Waals surface area contributed by atoms with E-state index in [9.17, 15) is 13.2 Å². The maximum atomic E-state index is 12.2. The molecule has 2 fully saturated rings. The van der Waals surface area contributed by atoms with Crippen LogP contribution in [0, 0.1) is 0 Å². The molecule has 2 unspecified atom stereocenters. The number of carbonyl (C=O) groups is 1. The van der Waals surface area contributed by atoms with Gasteiger partial charge in [-0.25, -0.2) is 13.2 Å². The molecule has 2 aliphatic heterocycles. The lowest BCUT2D eigenvalue weighted by Gasteiger charge is -2.41. The number of carbonyl (C=O) groups excluding carboxylic acids is 1. The number of hydrogen-bond donors (Lipinski definition) is 0. The molecule has 1 aromatic rings. The maximum Gasteiger partial charge on any atom is 0.414 e. The van der Waals surface area contributed by atoms with Crippen LogP contribution in [0.4, 0.5) is 10.5 Å². The Labute approximate surface area is 167 Å². The molecule has 1 amide bonds. The molecule has 0 N–H and O–H groups in total. The monoisotopic (exact) mass is 410 g/mol. The third kappa shape index (κ3) is 5.04. The van der Waals surface area contributed by atoms with Gasteiger partial charge in [0.1, 0.15) is 6.10 Å². The van der Waals surface area contributed by atoms with Crippen molar-refractivity contribution in [1.82, 2.24) is 4.90 Å². The van der Waals surface area contributed by atoms with Crippen molar-refractivity contribution in [2.45, 2.75) is 56.3 Å². The summed E-state index contributed by atoms with van der Waals surface area (Å²) in [7, 11) is -3.26. The Hall–Kier alpha value is -1.64. The number of cyclic esters (lactones) is 1. The van der Waals surface area contributed by atoms with Gasteiger partial charge in [0.05, 0.1) is 24.2 Å². The standard InChI is InChI=1S/C20H30N2O5S/c1-20(2,3)21-11-5-6-16(12-21)26-14-17-13-22(19(23)27-17)15-7-9-18(10-8-15)28(4,24)25/h7-10,16-17H,5-6,11-14H2,1-4H3. The van der Waals surface area contributed by atoms with Crippen molar-refractivity contribution >= 4 is 21.6 Å². The summed E-state index contributed by atoms with van der Waals surface area (Å²) >= 11 is 0. The summed E-state index contributed by atoms with van der Waals surface area (Å²) in [6, 6.07) is 6.27.